The first-order chi connectivity index (χ1) is 18.0. The number of ether oxygens (including phenoxy) is 1. The molecule has 9 heteroatoms. The van der Waals surface area contributed by atoms with Crippen molar-refractivity contribution in [2.75, 3.05) is 18.5 Å². The third kappa shape index (κ3) is 6.94. The molecule has 0 unspecified atom stereocenters. The quantitative estimate of drug-likeness (QED) is 0.305. The van der Waals surface area contributed by atoms with E-state index < -0.39 is 11.9 Å². The third-order valence-corrected chi connectivity index (χ3v) is 5.51. The largest absolute Gasteiger partial charge is 0.467 e. The molecular formula is C28H28N4O5. The highest BCUT2D eigenvalue weighted by molar-refractivity contribution is 5.95. The van der Waals surface area contributed by atoms with Gasteiger partial charge in [-0.25, -0.2) is 4.68 Å². The van der Waals surface area contributed by atoms with Gasteiger partial charge < -0.3 is 19.4 Å². The van der Waals surface area contributed by atoms with Crippen molar-refractivity contribution in [3.63, 3.8) is 0 Å². The molecule has 2 amide bonds. The van der Waals surface area contributed by atoms with Crippen molar-refractivity contribution in [3.05, 3.63) is 90.9 Å². The summed E-state index contributed by atoms with van der Waals surface area (Å²) in [5, 5.41) is 7.59. The molecule has 0 bridgehead atoms. The fourth-order valence-corrected chi connectivity index (χ4v) is 3.77. The smallest absolute Gasteiger partial charge is 0.306 e. The maximum Gasteiger partial charge on any atom is 0.306 e. The minimum absolute atomic E-state index is 0.0653. The highest BCUT2D eigenvalue weighted by Gasteiger charge is 2.21. The second kappa shape index (κ2) is 12.3. The number of esters is 1. The zero-order valence-corrected chi connectivity index (χ0v) is 20.5. The standard InChI is InChI=1S/C28H28N4O5/c1-2-36-28(35)16-15-27(34)31(19-23-14-9-17-37-23)20-26(33)29-25-18-24(21-10-5-3-6-11-21)30-32(25)22-12-7-4-8-13-22/h3-14,17-18H,2,15-16,19-20H2,1H3,(H,29,33). The summed E-state index contributed by atoms with van der Waals surface area (Å²) in [5.41, 5.74) is 2.37. The summed E-state index contributed by atoms with van der Waals surface area (Å²) < 4.78 is 11.9. The van der Waals surface area contributed by atoms with Gasteiger partial charge in [-0.2, -0.15) is 5.10 Å². The predicted octanol–water partition coefficient (Wildman–Crippen LogP) is 4.44. The monoisotopic (exact) mass is 500 g/mol. The van der Waals surface area contributed by atoms with Crippen LogP contribution in [0.5, 0.6) is 0 Å². The minimum atomic E-state index is -0.460. The summed E-state index contributed by atoms with van der Waals surface area (Å²) in [6.07, 6.45) is 1.36. The summed E-state index contributed by atoms with van der Waals surface area (Å²) in [6.45, 7) is 1.81. The number of nitrogens with zero attached hydrogens (tertiary/aromatic N) is 3. The van der Waals surface area contributed by atoms with Gasteiger partial charge in [0.1, 0.15) is 18.1 Å². The molecule has 1 N–H and O–H groups in total. The van der Waals surface area contributed by atoms with Crippen LogP contribution in [0.15, 0.2) is 89.5 Å². The van der Waals surface area contributed by atoms with Gasteiger partial charge in [-0.3, -0.25) is 14.4 Å². The Labute approximate surface area is 214 Å². The second-order valence-corrected chi connectivity index (χ2v) is 8.21. The lowest BCUT2D eigenvalue weighted by Gasteiger charge is -2.21. The van der Waals surface area contributed by atoms with Crippen LogP contribution in [0.4, 0.5) is 5.82 Å². The van der Waals surface area contributed by atoms with Crippen LogP contribution < -0.4 is 5.32 Å². The van der Waals surface area contributed by atoms with Gasteiger partial charge in [-0.05, 0) is 31.2 Å². The molecule has 0 spiro atoms. The number of furan rings is 1. The molecule has 4 aromatic rings. The zero-order valence-electron chi connectivity index (χ0n) is 20.5. The lowest BCUT2D eigenvalue weighted by Crippen LogP contribution is -2.38. The molecule has 0 atom stereocenters. The number of hydrogen-bond donors (Lipinski definition) is 1. The van der Waals surface area contributed by atoms with E-state index in [0.717, 1.165) is 11.3 Å². The lowest BCUT2D eigenvalue weighted by atomic mass is 10.1. The van der Waals surface area contributed by atoms with E-state index in [1.165, 1.54) is 11.2 Å². The molecule has 37 heavy (non-hydrogen) atoms. The van der Waals surface area contributed by atoms with Crippen LogP contribution in [-0.2, 0) is 25.7 Å². The number of amides is 2. The summed E-state index contributed by atoms with van der Waals surface area (Å²) in [6, 6.07) is 24.3. The second-order valence-electron chi connectivity index (χ2n) is 8.21. The number of para-hydroxylation sites is 1. The fraction of sp³-hybridized carbons (Fsp3) is 0.214. The van der Waals surface area contributed by atoms with E-state index in [1.807, 2.05) is 60.7 Å². The van der Waals surface area contributed by atoms with Gasteiger partial charge in [-0.15, -0.1) is 0 Å². The van der Waals surface area contributed by atoms with E-state index in [4.69, 9.17) is 14.3 Å². The van der Waals surface area contributed by atoms with Crippen molar-refractivity contribution in [1.29, 1.82) is 0 Å². The average Bonchev–Trinajstić information content (AvgIpc) is 3.58. The maximum atomic E-state index is 13.2. The molecule has 0 saturated heterocycles. The molecule has 2 heterocycles. The highest BCUT2D eigenvalue weighted by Crippen LogP contribution is 2.25. The SMILES string of the molecule is CCOC(=O)CCC(=O)N(CC(=O)Nc1cc(-c2ccccc2)nn1-c1ccccc1)Cc1ccco1. The molecule has 0 saturated carbocycles. The number of rotatable bonds is 11. The Morgan fingerprint density at radius 1 is 0.973 bits per heavy atom. The van der Waals surface area contributed by atoms with Gasteiger partial charge >= 0.3 is 5.97 Å². The average molecular weight is 501 g/mol. The summed E-state index contributed by atoms with van der Waals surface area (Å²) in [7, 11) is 0. The molecule has 2 aromatic carbocycles. The van der Waals surface area contributed by atoms with Gasteiger partial charge in [0.25, 0.3) is 0 Å². The van der Waals surface area contributed by atoms with Crippen molar-refractivity contribution in [2.24, 2.45) is 0 Å². The van der Waals surface area contributed by atoms with E-state index in [1.54, 1.807) is 29.8 Å². The van der Waals surface area contributed by atoms with Gasteiger partial charge in [0.15, 0.2) is 0 Å². The van der Waals surface area contributed by atoms with Crippen LogP contribution in [0, 0.1) is 0 Å². The van der Waals surface area contributed by atoms with Crippen LogP contribution in [-0.4, -0.2) is 45.6 Å². The van der Waals surface area contributed by atoms with Crippen LogP contribution >= 0.6 is 0 Å². The number of anilines is 1. The summed E-state index contributed by atoms with van der Waals surface area (Å²) >= 11 is 0. The van der Waals surface area contributed by atoms with E-state index >= 15 is 0 Å². The van der Waals surface area contributed by atoms with E-state index in [9.17, 15) is 14.4 Å². The first-order valence-corrected chi connectivity index (χ1v) is 12.0. The van der Waals surface area contributed by atoms with Crippen LogP contribution in [0.3, 0.4) is 0 Å². The van der Waals surface area contributed by atoms with Gasteiger partial charge in [0.05, 0.1) is 37.2 Å². The van der Waals surface area contributed by atoms with E-state index in [2.05, 4.69) is 5.32 Å². The van der Waals surface area contributed by atoms with Gasteiger partial charge in [0.2, 0.25) is 11.8 Å². The molecule has 9 nitrogen and oxygen atoms in total. The van der Waals surface area contributed by atoms with Gasteiger partial charge in [0, 0.05) is 18.1 Å². The van der Waals surface area contributed by atoms with Crippen LogP contribution in [0.25, 0.3) is 16.9 Å². The normalized spacial score (nSPS) is 10.6. The molecular weight excluding hydrogens is 472 g/mol. The molecule has 2 aromatic heterocycles. The number of nitrogens with one attached hydrogen (secondary N) is 1. The van der Waals surface area contributed by atoms with Crippen molar-refractivity contribution in [3.8, 4) is 16.9 Å². The molecule has 0 radical (unpaired) electrons. The number of carbonyl (C=O) groups excluding carboxylic acids is 3. The Balaban J connectivity index is 1.53. The van der Waals surface area contributed by atoms with Crippen LogP contribution in [0.2, 0.25) is 0 Å². The minimum Gasteiger partial charge on any atom is -0.467 e. The zero-order chi connectivity index (χ0) is 26.0. The molecule has 0 aliphatic carbocycles. The van der Waals surface area contributed by atoms with Crippen molar-refractivity contribution in [2.45, 2.75) is 26.3 Å². The van der Waals surface area contributed by atoms with Crippen molar-refractivity contribution >= 4 is 23.6 Å². The van der Waals surface area contributed by atoms with Crippen molar-refractivity contribution in [1.82, 2.24) is 14.7 Å². The van der Waals surface area contributed by atoms with Gasteiger partial charge in [-0.1, -0.05) is 48.5 Å². The first-order valence-electron chi connectivity index (χ1n) is 12.0. The molecule has 0 aliphatic rings. The van der Waals surface area contributed by atoms with E-state index in [-0.39, 0.29) is 38.4 Å². The first kappa shape index (κ1) is 25.4. The Kier molecular flexibility index (Phi) is 8.49. The number of hydrogen-bond acceptors (Lipinski definition) is 6. The number of aromatic nitrogens is 2. The predicted molar refractivity (Wildman–Crippen MR) is 138 cm³/mol. The Morgan fingerprint density at radius 3 is 2.38 bits per heavy atom. The topological polar surface area (TPSA) is 107 Å². The Hall–Kier alpha value is -4.66. The van der Waals surface area contributed by atoms with E-state index in [0.29, 0.717) is 17.3 Å². The Morgan fingerprint density at radius 2 is 1.70 bits per heavy atom. The summed E-state index contributed by atoms with van der Waals surface area (Å²) in [4.78, 5) is 39.2. The number of benzene rings is 2. The third-order valence-electron chi connectivity index (χ3n) is 5.51. The van der Waals surface area contributed by atoms with Crippen LogP contribution in [0.1, 0.15) is 25.5 Å². The fourth-order valence-electron chi connectivity index (χ4n) is 3.77. The Bertz CT molecular complexity index is 1320. The summed E-state index contributed by atoms with van der Waals surface area (Å²) in [5.74, 6) is -0.239. The molecule has 0 fully saturated rings. The maximum absolute atomic E-state index is 13.2. The van der Waals surface area contributed by atoms with Crippen molar-refractivity contribution < 1.29 is 23.5 Å². The number of carbonyl (C=O) groups is 3. The lowest BCUT2D eigenvalue weighted by molar-refractivity contribution is -0.146. The molecule has 190 valence electrons. The highest BCUT2D eigenvalue weighted by atomic mass is 16.5. The molecule has 4 rings (SSSR count). The molecule has 0 aliphatic heterocycles.